The summed E-state index contributed by atoms with van der Waals surface area (Å²) in [4.78, 5) is 13.8. The van der Waals surface area contributed by atoms with Crippen LogP contribution in [0.2, 0.25) is 0 Å². The number of nitrogens with one attached hydrogen (secondary N) is 2. The fourth-order valence-corrected chi connectivity index (χ4v) is 4.65. The van der Waals surface area contributed by atoms with Gasteiger partial charge in [0, 0.05) is 31.5 Å². The number of tetrazole rings is 1. The van der Waals surface area contributed by atoms with Crippen LogP contribution in [-0.4, -0.2) is 84.0 Å². The molecule has 12 nitrogen and oxygen atoms in total. The van der Waals surface area contributed by atoms with E-state index in [-0.39, 0.29) is 30.3 Å². The van der Waals surface area contributed by atoms with Crippen molar-refractivity contribution in [3.8, 4) is 11.8 Å². The Morgan fingerprint density at radius 2 is 1.95 bits per heavy atom. The van der Waals surface area contributed by atoms with Gasteiger partial charge in [-0.1, -0.05) is 17.2 Å². The van der Waals surface area contributed by atoms with Crippen LogP contribution < -0.4 is 20.3 Å². The van der Waals surface area contributed by atoms with Gasteiger partial charge in [-0.25, -0.2) is 4.79 Å². The molecule has 0 unspecified atom stereocenters. The summed E-state index contributed by atoms with van der Waals surface area (Å²) in [7, 11) is 5.26. The quantitative estimate of drug-likeness (QED) is 0.346. The zero-order chi connectivity index (χ0) is 25.9. The van der Waals surface area contributed by atoms with Crippen LogP contribution in [0, 0.1) is 0 Å². The number of nitrogens with zero attached hydrogens (tertiary/aromatic N) is 5. The van der Waals surface area contributed by atoms with E-state index in [1.807, 2.05) is 49.3 Å². The number of carbonyl (C=O) groups is 1. The van der Waals surface area contributed by atoms with Gasteiger partial charge in [-0.15, -0.1) is 0 Å². The molecule has 37 heavy (non-hydrogen) atoms. The van der Waals surface area contributed by atoms with E-state index in [9.17, 15) is 4.79 Å². The summed E-state index contributed by atoms with van der Waals surface area (Å²) in [5.74, 6) is 0.202. The van der Waals surface area contributed by atoms with Gasteiger partial charge in [0.1, 0.15) is 24.0 Å². The first-order valence-electron chi connectivity index (χ1n) is 11.6. The molecule has 2 aliphatic heterocycles. The SMILES string of the molecule is COC(=O)c1cccc(NC(=S)N[C@H]2CO[C@H]3[C@@H]2OC[C@@H]3n2nnnc2Oc2cccc(N(C)C)c2)c1. The van der Waals surface area contributed by atoms with Gasteiger partial charge in [-0.3, -0.25) is 0 Å². The van der Waals surface area contributed by atoms with Crippen LogP contribution >= 0.6 is 12.2 Å². The Balaban J connectivity index is 1.22. The number of hydrogen-bond acceptors (Lipinski definition) is 10. The summed E-state index contributed by atoms with van der Waals surface area (Å²) in [6.45, 7) is 0.743. The normalized spacial score (nSPS) is 22.2. The van der Waals surface area contributed by atoms with Gasteiger partial charge in [0.05, 0.1) is 31.9 Å². The Hall–Kier alpha value is -3.81. The van der Waals surface area contributed by atoms with Gasteiger partial charge in [0.2, 0.25) is 0 Å². The van der Waals surface area contributed by atoms with Crippen LogP contribution in [-0.2, 0) is 14.2 Å². The van der Waals surface area contributed by atoms with Gasteiger partial charge >= 0.3 is 12.0 Å². The van der Waals surface area contributed by atoms with Gasteiger partial charge in [-0.2, -0.15) is 4.68 Å². The van der Waals surface area contributed by atoms with Crippen molar-refractivity contribution in [2.75, 3.05) is 44.6 Å². The van der Waals surface area contributed by atoms with Crippen molar-refractivity contribution in [2.24, 2.45) is 0 Å². The van der Waals surface area contributed by atoms with Crippen LogP contribution in [0.5, 0.6) is 11.8 Å². The second-order valence-corrected chi connectivity index (χ2v) is 9.25. The third kappa shape index (κ3) is 5.33. The summed E-state index contributed by atoms with van der Waals surface area (Å²) in [6, 6.07) is 14.4. The smallest absolute Gasteiger partial charge is 0.341 e. The number of rotatable bonds is 7. The highest BCUT2D eigenvalue weighted by Gasteiger charge is 2.50. The minimum absolute atomic E-state index is 0.184. The van der Waals surface area contributed by atoms with Gasteiger partial charge in [-0.05, 0) is 53.0 Å². The molecular formula is C24H27N7O5S. The number of benzene rings is 2. The number of aromatic nitrogens is 4. The Morgan fingerprint density at radius 3 is 2.76 bits per heavy atom. The molecule has 2 N–H and O–H groups in total. The minimum atomic E-state index is -0.420. The third-order valence-corrected chi connectivity index (χ3v) is 6.43. The van der Waals surface area contributed by atoms with Crippen molar-refractivity contribution in [3.63, 3.8) is 0 Å². The lowest BCUT2D eigenvalue weighted by Crippen LogP contribution is -2.45. The van der Waals surface area contributed by atoms with E-state index < -0.39 is 5.97 Å². The van der Waals surface area contributed by atoms with E-state index in [1.165, 1.54) is 7.11 Å². The maximum atomic E-state index is 11.8. The number of ether oxygens (including phenoxy) is 4. The van der Waals surface area contributed by atoms with Crippen molar-refractivity contribution >= 4 is 34.7 Å². The van der Waals surface area contributed by atoms with Crippen LogP contribution in [0.1, 0.15) is 16.4 Å². The van der Waals surface area contributed by atoms with Crippen LogP contribution in [0.25, 0.3) is 0 Å². The van der Waals surface area contributed by atoms with Crippen LogP contribution in [0.3, 0.4) is 0 Å². The molecule has 0 radical (unpaired) electrons. The fraction of sp³-hybridized carbons (Fsp3) is 0.375. The highest BCUT2D eigenvalue weighted by Crippen LogP contribution is 2.36. The first-order chi connectivity index (χ1) is 17.9. The summed E-state index contributed by atoms with van der Waals surface area (Å²) in [5, 5.41) is 18.8. The summed E-state index contributed by atoms with van der Waals surface area (Å²) >= 11 is 5.49. The highest BCUT2D eigenvalue weighted by molar-refractivity contribution is 7.80. The molecule has 0 saturated carbocycles. The molecule has 0 spiro atoms. The summed E-state index contributed by atoms with van der Waals surface area (Å²) in [6.07, 6.45) is -0.554. The first kappa shape index (κ1) is 24.9. The Morgan fingerprint density at radius 1 is 1.14 bits per heavy atom. The number of anilines is 2. The van der Waals surface area contributed by atoms with Crippen LogP contribution in [0.4, 0.5) is 11.4 Å². The van der Waals surface area contributed by atoms with Crippen molar-refractivity contribution < 1.29 is 23.7 Å². The topological polar surface area (TPSA) is 125 Å². The molecule has 3 aromatic rings. The standard InChI is InChI=1S/C24H27N7O5S/c1-30(2)16-8-5-9-17(11-16)36-24-27-28-29-31(24)19-13-35-20-18(12-34-21(19)20)26-23(37)25-15-7-4-6-14(10-15)22(32)33-3/h4-11,18-21H,12-13H2,1-3H3,(H2,25,26,37)/t18-,19-,20+,21+/m0/s1. The van der Waals surface area contributed by atoms with E-state index in [2.05, 4.69) is 26.2 Å². The monoisotopic (exact) mass is 525 g/mol. The largest absolute Gasteiger partial charge is 0.465 e. The molecule has 2 aliphatic rings. The second-order valence-electron chi connectivity index (χ2n) is 8.84. The molecule has 0 bridgehead atoms. The summed E-state index contributed by atoms with van der Waals surface area (Å²) in [5.41, 5.74) is 2.08. The Bertz CT molecular complexity index is 1290. The minimum Gasteiger partial charge on any atom is -0.465 e. The lowest BCUT2D eigenvalue weighted by molar-refractivity contribution is 0.0600. The number of thiocarbonyl (C=S) groups is 1. The molecule has 2 saturated heterocycles. The van der Waals surface area contributed by atoms with Crippen molar-refractivity contribution in [1.82, 2.24) is 25.5 Å². The molecule has 3 heterocycles. The van der Waals surface area contributed by atoms with Gasteiger partial charge in [0.15, 0.2) is 5.11 Å². The number of fused-ring (bicyclic) bond motifs is 1. The molecule has 13 heteroatoms. The molecule has 2 aromatic carbocycles. The van der Waals surface area contributed by atoms with E-state index in [0.29, 0.717) is 35.3 Å². The van der Waals surface area contributed by atoms with E-state index in [4.69, 9.17) is 31.2 Å². The average molecular weight is 526 g/mol. The van der Waals surface area contributed by atoms with Crippen LogP contribution in [0.15, 0.2) is 48.5 Å². The third-order valence-electron chi connectivity index (χ3n) is 6.21. The van der Waals surface area contributed by atoms with Crippen molar-refractivity contribution in [3.05, 3.63) is 54.1 Å². The fourth-order valence-electron chi connectivity index (χ4n) is 4.38. The van der Waals surface area contributed by atoms with Crippen molar-refractivity contribution in [1.29, 1.82) is 0 Å². The molecular weight excluding hydrogens is 498 g/mol. The maximum Gasteiger partial charge on any atom is 0.341 e. The lowest BCUT2D eigenvalue weighted by Gasteiger charge is -2.20. The molecule has 194 valence electrons. The maximum absolute atomic E-state index is 11.8. The number of hydrogen-bond donors (Lipinski definition) is 2. The predicted molar refractivity (Wildman–Crippen MR) is 138 cm³/mol. The zero-order valence-electron chi connectivity index (χ0n) is 20.5. The Labute approximate surface area is 218 Å². The Kier molecular flexibility index (Phi) is 7.17. The average Bonchev–Trinajstić information content (AvgIpc) is 3.62. The number of carbonyl (C=O) groups excluding carboxylic acids is 1. The van der Waals surface area contributed by atoms with E-state index >= 15 is 0 Å². The zero-order valence-corrected chi connectivity index (χ0v) is 21.3. The first-order valence-corrected chi connectivity index (χ1v) is 12.1. The molecule has 5 rings (SSSR count). The number of methoxy groups -OCH3 is 1. The summed E-state index contributed by atoms with van der Waals surface area (Å²) < 4.78 is 24.5. The molecule has 0 aliphatic carbocycles. The lowest BCUT2D eigenvalue weighted by atomic mass is 10.1. The molecule has 4 atom stereocenters. The van der Waals surface area contributed by atoms with Gasteiger partial charge in [0.25, 0.3) is 0 Å². The molecule has 2 fully saturated rings. The van der Waals surface area contributed by atoms with Crippen molar-refractivity contribution in [2.45, 2.75) is 24.3 Å². The predicted octanol–water partition coefficient (Wildman–Crippen LogP) is 2.01. The number of esters is 1. The second kappa shape index (κ2) is 10.7. The highest BCUT2D eigenvalue weighted by atomic mass is 32.1. The molecule has 1 aromatic heterocycles. The molecule has 0 amide bonds. The van der Waals surface area contributed by atoms with E-state index in [0.717, 1.165) is 5.69 Å². The van der Waals surface area contributed by atoms with Gasteiger partial charge < -0.3 is 34.5 Å². The van der Waals surface area contributed by atoms with E-state index in [1.54, 1.807) is 22.9 Å².